The minimum absolute atomic E-state index is 0.0409. The van der Waals surface area contributed by atoms with Crippen LogP contribution in [-0.2, 0) is 54.4 Å². The zero-order chi connectivity index (χ0) is 32.9. The molecule has 0 unspecified atom stereocenters. The van der Waals surface area contributed by atoms with Gasteiger partial charge in [0, 0.05) is 32.5 Å². The van der Waals surface area contributed by atoms with E-state index in [-0.39, 0.29) is 62.9 Å². The Balaban J connectivity index is 1.55. The van der Waals surface area contributed by atoms with Crippen LogP contribution in [0.3, 0.4) is 0 Å². The third-order valence-electron chi connectivity index (χ3n) is 7.59. The summed E-state index contributed by atoms with van der Waals surface area (Å²) in [6.45, 7) is 0.573. The molecule has 0 saturated carbocycles. The Hall–Kier alpha value is -5.02. The topological polar surface area (TPSA) is 174 Å². The number of sulfone groups is 1. The van der Waals surface area contributed by atoms with Crippen molar-refractivity contribution in [2.75, 3.05) is 5.75 Å². The van der Waals surface area contributed by atoms with Crippen molar-refractivity contribution < 1.29 is 27.6 Å². The maximum Gasteiger partial charge on any atom is 0.242 e. The normalized spacial score (nSPS) is 18.2. The van der Waals surface area contributed by atoms with E-state index in [1.807, 2.05) is 30.3 Å². The van der Waals surface area contributed by atoms with Crippen LogP contribution in [0.2, 0.25) is 0 Å². The van der Waals surface area contributed by atoms with Gasteiger partial charge in [0.2, 0.25) is 23.6 Å². The van der Waals surface area contributed by atoms with Crippen molar-refractivity contribution in [2.24, 2.45) is 5.92 Å². The number of nitrogens with one attached hydrogen (secondary N) is 4. The molecule has 4 rings (SSSR count). The molecule has 4 amide bonds. The highest BCUT2D eigenvalue weighted by Gasteiger charge is 2.30. The fourth-order valence-electron chi connectivity index (χ4n) is 5.06. The van der Waals surface area contributed by atoms with Crippen LogP contribution >= 0.6 is 0 Å². The van der Waals surface area contributed by atoms with Crippen LogP contribution in [0.25, 0.3) is 0 Å². The van der Waals surface area contributed by atoms with Crippen molar-refractivity contribution >= 4 is 33.5 Å². The summed E-state index contributed by atoms with van der Waals surface area (Å²) in [4.78, 5) is 52.5. The van der Waals surface area contributed by atoms with Gasteiger partial charge < -0.3 is 21.3 Å². The number of amides is 4. The largest absolute Gasteiger partial charge is 0.352 e. The summed E-state index contributed by atoms with van der Waals surface area (Å²) in [6.07, 6.45) is -0.285. The molecule has 1 heterocycles. The van der Waals surface area contributed by atoms with Gasteiger partial charge in [0.05, 0.1) is 29.1 Å². The predicted molar refractivity (Wildman–Crippen MR) is 171 cm³/mol. The fraction of sp³-hybridized carbons (Fsp3) is 0.324. The third kappa shape index (κ3) is 10.9. The Bertz CT molecular complexity index is 1690. The van der Waals surface area contributed by atoms with Crippen LogP contribution in [0, 0.1) is 17.2 Å². The lowest BCUT2D eigenvalue weighted by Gasteiger charge is -2.22. The number of carbonyl (C=O) groups is 4. The van der Waals surface area contributed by atoms with E-state index in [9.17, 15) is 27.6 Å². The Kier molecular flexibility index (Phi) is 12.0. The van der Waals surface area contributed by atoms with Crippen LogP contribution in [0.1, 0.15) is 53.5 Å². The van der Waals surface area contributed by atoms with E-state index < -0.39 is 39.4 Å². The molecule has 0 radical (unpaired) electrons. The van der Waals surface area contributed by atoms with Crippen LogP contribution in [0.5, 0.6) is 0 Å². The lowest BCUT2D eigenvalue weighted by atomic mass is 10.0. The number of hydrogen-bond acceptors (Lipinski definition) is 7. The zero-order valence-electron chi connectivity index (χ0n) is 25.3. The van der Waals surface area contributed by atoms with Gasteiger partial charge in [-0.3, -0.25) is 19.2 Å². The van der Waals surface area contributed by atoms with Crippen molar-refractivity contribution in [1.29, 1.82) is 5.26 Å². The molecule has 4 N–H and O–H groups in total. The molecule has 2 bridgehead atoms. The molecule has 3 aromatic rings. The smallest absolute Gasteiger partial charge is 0.242 e. The monoisotopic (exact) mass is 643 g/mol. The van der Waals surface area contributed by atoms with Crippen LogP contribution in [0.4, 0.5) is 0 Å². The fourth-order valence-corrected chi connectivity index (χ4v) is 6.81. The van der Waals surface area contributed by atoms with Crippen LogP contribution in [-0.4, -0.2) is 43.8 Å². The first-order valence-corrected chi connectivity index (χ1v) is 16.8. The minimum atomic E-state index is -3.79. The molecule has 3 aromatic carbocycles. The van der Waals surface area contributed by atoms with E-state index in [2.05, 4.69) is 21.3 Å². The van der Waals surface area contributed by atoms with Gasteiger partial charge in [0.15, 0.2) is 9.84 Å². The van der Waals surface area contributed by atoms with Crippen molar-refractivity contribution in [2.45, 2.75) is 57.1 Å². The molecule has 1 aliphatic rings. The molecule has 2 atom stereocenters. The summed E-state index contributed by atoms with van der Waals surface area (Å²) in [5.41, 5.74) is 3.41. The van der Waals surface area contributed by atoms with E-state index in [4.69, 9.17) is 5.26 Å². The number of rotatable bonds is 7. The number of benzene rings is 3. The first kappa shape index (κ1) is 33.9. The quantitative estimate of drug-likeness (QED) is 0.306. The van der Waals surface area contributed by atoms with Gasteiger partial charge in [-0.25, -0.2) is 8.42 Å². The second-order valence-corrected chi connectivity index (χ2v) is 13.4. The molecule has 240 valence electrons. The molecule has 11 nitrogen and oxygen atoms in total. The number of carbonyl (C=O) groups excluding carboxylic acids is 4. The van der Waals surface area contributed by atoms with Gasteiger partial charge in [-0.15, -0.1) is 0 Å². The number of nitriles is 1. The Labute approximate surface area is 268 Å². The minimum Gasteiger partial charge on any atom is -0.352 e. The predicted octanol–water partition coefficient (Wildman–Crippen LogP) is 2.40. The van der Waals surface area contributed by atoms with Crippen LogP contribution < -0.4 is 21.3 Å². The number of fused-ring (bicyclic) bond motifs is 2. The van der Waals surface area contributed by atoms with E-state index in [0.29, 0.717) is 11.1 Å². The molecule has 0 fully saturated rings. The van der Waals surface area contributed by atoms with Gasteiger partial charge in [-0.2, -0.15) is 5.26 Å². The second kappa shape index (κ2) is 16.3. The molecule has 0 aromatic heterocycles. The van der Waals surface area contributed by atoms with Crippen molar-refractivity contribution in [1.82, 2.24) is 21.3 Å². The Morgan fingerprint density at radius 2 is 1.46 bits per heavy atom. The first-order chi connectivity index (χ1) is 22.1. The van der Waals surface area contributed by atoms with Crippen molar-refractivity contribution in [3.05, 3.63) is 107 Å². The van der Waals surface area contributed by atoms with Crippen molar-refractivity contribution in [3.63, 3.8) is 0 Å². The number of nitrogens with zero attached hydrogens (tertiary/aromatic N) is 1. The van der Waals surface area contributed by atoms with E-state index in [0.717, 1.165) is 16.7 Å². The molecule has 12 heteroatoms. The van der Waals surface area contributed by atoms with Gasteiger partial charge in [-0.1, -0.05) is 66.7 Å². The summed E-state index contributed by atoms with van der Waals surface area (Å²) >= 11 is 0. The standard InChI is InChI=1S/C34H37N5O6S/c35-18-24-9-11-25(12-10-24)19-38-34(43)30-14-16-32(41)37-21-28-8-4-7-27(17-28)20-36-31(40)15-13-29(33(42)39-30)23-46(44,45)22-26-5-2-1-3-6-26/h1-12,17,29-30H,13-16,19-23H2,(H,36,40)(H,37,41)(H,38,43)(H,39,42)/t29-,30-/m0/s1. The highest BCUT2D eigenvalue weighted by atomic mass is 32.2. The second-order valence-electron chi connectivity index (χ2n) is 11.3. The maximum atomic E-state index is 13.6. The van der Waals surface area contributed by atoms with E-state index in [1.165, 1.54) is 0 Å². The summed E-state index contributed by atoms with van der Waals surface area (Å²) in [5.74, 6) is -3.86. The Morgan fingerprint density at radius 1 is 0.826 bits per heavy atom. The summed E-state index contributed by atoms with van der Waals surface area (Å²) in [6, 6.07) is 23.5. The average Bonchev–Trinajstić information content (AvgIpc) is 3.05. The lowest BCUT2D eigenvalue weighted by Crippen LogP contribution is -2.49. The highest BCUT2D eigenvalue weighted by molar-refractivity contribution is 7.90. The van der Waals surface area contributed by atoms with Gasteiger partial charge in [0.1, 0.15) is 6.04 Å². The van der Waals surface area contributed by atoms with Crippen LogP contribution in [0.15, 0.2) is 78.9 Å². The summed E-state index contributed by atoms with van der Waals surface area (Å²) in [5, 5.41) is 20.1. The maximum absolute atomic E-state index is 13.6. The molecule has 1 aliphatic heterocycles. The van der Waals surface area contributed by atoms with Gasteiger partial charge in [-0.05, 0) is 47.2 Å². The molecular weight excluding hydrogens is 606 g/mol. The SMILES string of the molecule is N#Cc1ccc(CNC(=O)[C@@H]2CCC(=O)NCc3cccc(c3)CNC(=O)CC[C@@H](CS(=O)(=O)Cc3ccccc3)C(=O)N2)cc1. The molecule has 46 heavy (non-hydrogen) atoms. The zero-order valence-corrected chi connectivity index (χ0v) is 26.1. The average molecular weight is 644 g/mol. The van der Waals surface area contributed by atoms with E-state index >= 15 is 0 Å². The molecule has 0 aliphatic carbocycles. The third-order valence-corrected chi connectivity index (χ3v) is 9.27. The van der Waals surface area contributed by atoms with Gasteiger partial charge in [0.25, 0.3) is 0 Å². The summed E-state index contributed by atoms with van der Waals surface area (Å²) in [7, 11) is -3.79. The van der Waals surface area contributed by atoms with Crippen molar-refractivity contribution in [3.8, 4) is 6.07 Å². The molecule has 0 saturated heterocycles. The van der Waals surface area contributed by atoms with E-state index in [1.54, 1.807) is 54.6 Å². The van der Waals surface area contributed by atoms with Gasteiger partial charge >= 0.3 is 0 Å². The molecule has 0 spiro atoms. The Morgan fingerprint density at radius 3 is 2.09 bits per heavy atom. The summed E-state index contributed by atoms with van der Waals surface area (Å²) < 4.78 is 26.4. The number of hydrogen-bond donors (Lipinski definition) is 4. The first-order valence-electron chi connectivity index (χ1n) is 15.0. The molecular formula is C34H37N5O6S. The highest BCUT2D eigenvalue weighted by Crippen LogP contribution is 2.17. The lowest BCUT2D eigenvalue weighted by molar-refractivity contribution is -0.132.